The fourth-order valence-electron chi connectivity index (χ4n) is 3.90. The second-order valence-corrected chi connectivity index (χ2v) is 10.2. The van der Waals surface area contributed by atoms with E-state index in [-0.39, 0.29) is 12.3 Å². The van der Waals surface area contributed by atoms with E-state index in [1.807, 2.05) is 18.4 Å². The zero-order valence-corrected chi connectivity index (χ0v) is 18.6. The molecule has 3 N–H and O–H groups in total. The Labute approximate surface area is 183 Å². The maximum Gasteiger partial charge on any atom is 0.304 e. The molecule has 2 atom stereocenters. The summed E-state index contributed by atoms with van der Waals surface area (Å²) in [7, 11) is 0. The number of amides is 1. The number of nitrogens with zero attached hydrogens (tertiary/aromatic N) is 3. The summed E-state index contributed by atoms with van der Waals surface area (Å²) in [6, 6.07) is 2.50. The molecule has 1 saturated heterocycles. The van der Waals surface area contributed by atoms with E-state index in [9.17, 15) is 9.59 Å². The fourth-order valence-corrected chi connectivity index (χ4v) is 5.56. The molecule has 2 aromatic heterocycles. The van der Waals surface area contributed by atoms with Gasteiger partial charge in [0, 0.05) is 28.8 Å². The molecule has 162 valence electrons. The second-order valence-electron chi connectivity index (χ2n) is 8.10. The lowest BCUT2D eigenvalue weighted by Gasteiger charge is -2.31. The molecule has 1 aliphatic heterocycles. The molecular weight excluding hydrogens is 422 g/mol. The lowest BCUT2D eigenvalue weighted by Crippen LogP contribution is -2.38. The topological polar surface area (TPSA) is 107 Å². The molecule has 1 aliphatic carbocycles. The smallest absolute Gasteiger partial charge is 0.304 e. The second kappa shape index (κ2) is 9.51. The van der Waals surface area contributed by atoms with Gasteiger partial charge in [0.05, 0.1) is 12.0 Å². The summed E-state index contributed by atoms with van der Waals surface area (Å²) in [5.41, 5.74) is 0.683. The Kier molecular flexibility index (Phi) is 6.77. The van der Waals surface area contributed by atoms with Crippen molar-refractivity contribution in [2.45, 2.75) is 44.6 Å². The van der Waals surface area contributed by atoms with E-state index in [4.69, 9.17) is 5.11 Å². The summed E-state index contributed by atoms with van der Waals surface area (Å²) in [5, 5.41) is 26.4. The SMILES string of the molecule is Cc1nnc(NC(=O)c2csc([C@H]3C[C@H]3NCC3CCN(CCC(=O)O)CC3)c2)s1. The number of rotatable bonds is 9. The predicted molar refractivity (Wildman–Crippen MR) is 117 cm³/mol. The van der Waals surface area contributed by atoms with E-state index < -0.39 is 5.97 Å². The molecule has 1 amide bonds. The first kappa shape index (κ1) is 21.4. The Morgan fingerprint density at radius 1 is 1.30 bits per heavy atom. The number of thiophene rings is 1. The third kappa shape index (κ3) is 5.63. The van der Waals surface area contributed by atoms with E-state index in [1.165, 1.54) is 16.2 Å². The van der Waals surface area contributed by atoms with Crippen LogP contribution in [0.2, 0.25) is 0 Å². The number of aromatic nitrogens is 2. The maximum absolute atomic E-state index is 12.4. The van der Waals surface area contributed by atoms with E-state index in [0.717, 1.165) is 43.9 Å². The first-order valence-corrected chi connectivity index (χ1v) is 12.0. The summed E-state index contributed by atoms with van der Waals surface area (Å²) in [5.74, 6) is 0.305. The number of hydrogen-bond donors (Lipinski definition) is 3. The predicted octanol–water partition coefficient (Wildman–Crippen LogP) is 2.79. The summed E-state index contributed by atoms with van der Waals surface area (Å²) >= 11 is 3.02. The first-order valence-electron chi connectivity index (χ1n) is 10.4. The number of carboxylic acids is 1. The van der Waals surface area contributed by atoms with Gasteiger partial charge in [-0.15, -0.1) is 21.5 Å². The molecular formula is C20H27N5O3S2. The average Bonchev–Trinajstić information content (AvgIpc) is 3.12. The van der Waals surface area contributed by atoms with Crippen molar-refractivity contribution in [3.8, 4) is 0 Å². The number of piperidine rings is 1. The zero-order valence-electron chi connectivity index (χ0n) is 17.0. The van der Waals surface area contributed by atoms with Crippen molar-refractivity contribution in [2.75, 3.05) is 31.5 Å². The highest BCUT2D eigenvalue weighted by Gasteiger charge is 2.39. The lowest BCUT2D eigenvalue weighted by atomic mass is 9.96. The van der Waals surface area contributed by atoms with Crippen LogP contribution in [-0.2, 0) is 4.79 Å². The van der Waals surface area contributed by atoms with Crippen LogP contribution in [0.1, 0.15) is 51.8 Å². The average molecular weight is 450 g/mol. The number of carbonyl (C=O) groups excluding carboxylic acids is 1. The van der Waals surface area contributed by atoms with Crippen LogP contribution in [0.15, 0.2) is 11.4 Å². The maximum atomic E-state index is 12.4. The highest BCUT2D eigenvalue weighted by atomic mass is 32.1. The number of aryl methyl sites for hydroxylation is 1. The van der Waals surface area contributed by atoms with Gasteiger partial charge in [0.2, 0.25) is 5.13 Å². The molecule has 0 unspecified atom stereocenters. The molecule has 0 aromatic carbocycles. The Morgan fingerprint density at radius 2 is 2.10 bits per heavy atom. The Morgan fingerprint density at radius 3 is 2.80 bits per heavy atom. The molecule has 3 heterocycles. The molecule has 2 aliphatic rings. The molecule has 8 nitrogen and oxygen atoms in total. The van der Waals surface area contributed by atoms with Crippen molar-refractivity contribution in [1.82, 2.24) is 20.4 Å². The minimum Gasteiger partial charge on any atom is -0.481 e. The van der Waals surface area contributed by atoms with Crippen LogP contribution in [-0.4, -0.2) is 64.3 Å². The summed E-state index contributed by atoms with van der Waals surface area (Å²) in [6.45, 7) is 5.52. The largest absolute Gasteiger partial charge is 0.481 e. The minimum absolute atomic E-state index is 0.131. The molecule has 0 radical (unpaired) electrons. The minimum atomic E-state index is -0.719. The number of carbonyl (C=O) groups is 2. The third-order valence-corrected chi connectivity index (χ3v) is 7.62. The van der Waals surface area contributed by atoms with Crippen molar-refractivity contribution in [3.05, 3.63) is 26.9 Å². The third-order valence-electron chi connectivity index (χ3n) is 5.80. The van der Waals surface area contributed by atoms with E-state index in [2.05, 4.69) is 25.7 Å². The lowest BCUT2D eigenvalue weighted by molar-refractivity contribution is -0.137. The highest BCUT2D eigenvalue weighted by molar-refractivity contribution is 7.15. The Hall–Kier alpha value is -1.88. The van der Waals surface area contributed by atoms with Gasteiger partial charge in [0.25, 0.3) is 5.91 Å². The first-order chi connectivity index (χ1) is 14.5. The Balaban J connectivity index is 1.18. The van der Waals surface area contributed by atoms with E-state index in [0.29, 0.717) is 35.1 Å². The van der Waals surface area contributed by atoms with Crippen molar-refractivity contribution in [2.24, 2.45) is 5.92 Å². The van der Waals surface area contributed by atoms with E-state index >= 15 is 0 Å². The van der Waals surface area contributed by atoms with E-state index in [1.54, 1.807) is 11.3 Å². The number of carboxylic acid groups (broad SMARTS) is 1. The van der Waals surface area contributed by atoms with Gasteiger partial charge in [0.15, 0.2) is 0 Å². The van der Waals surface area contributed by atoms with Gasteiger partial charge in [0.1, 0.15) is 5.01 Å². The van der Waals surface area contributed by atoms with Gasteiger partial charge in [-0.2, -0.15) is 0 Å². The fraction of sp³-hybridized carbons (Fsp3) is 0.600. The summed E-state index contributed by atoms with van der Waals surface area (Å²) < 4.78 is 0. The molecule has 2 fully saturated rings. The van der Waals surface area contributed by atoms with Crippen LogP contribution in [0.3, 0.4) is 0 Å². The molecule has 30 heavy (non-hydrogen) atoms. The van der Waals surface area contributed by atoms with Gasteiger partial charge in [-0.05, 0) is 57.8 Å². The summed E-state index contributed by atoms with van der Waals surface area (Å²) in [6.07, 6.45) is 3.60. The standard InChI is InChI=1S/C20H27N5O3S2/c1-12-23-24-20(30-12)22-19(28)14-8-17(29-11-14)15-9-16(15)21-10-13-2-5-25(6-3-13)7-4-18(26)27/h8,11,13,15-16,21H,2-7,9-10H2,1H3,(H,26,27)(H,22,24,28)/t15-,16+/m0/s1. The van der Waals surface area contributed by atoms with Crippen LogP contribution in [0.4, 0.5) is 5.13 Å². The highest BCUT2D eigenvalue weighted by Crippen LogP contribution is 2.43. The van der Waals surface area contributed by atoms with Gasteiger partial charge in [-0.25, -0.2) is 0 Å². The van der Waals surface area contributed by atoms with Gasteiger partial charge < -0.3 is 15.3 Å². The molecule has 0 spiro atoms. The molecule has 1 saturated carbocycles. The number of anilines is 1. The number of aliphatic carboxylic acids is 1. The van der Waals surface area contributed by atoms with Gasteiger partial charge in [-0.3, -0.25) is 14.9 Å². The number of likely N-dealkylation sites (tertiary alicyclic amines) is 1. The van der Waals surface area contributed by atoms with Crippen molar-refractivity contribution < 1.29 is 14.7 Å². The molecule has 10 heteroatoms. The van der Waals surface area contributed by atoms with Crippen molar-refractivity contribution in [3.63, 3.8) is 0 Å². The normalized spacial score (nSPS) is 22.2. The zero-order chi connectivity index (χ0) is 21.1. The quantitative estimate of drug-likeness (QED) is 0.540. The summed E-state index contributed by atoms with van der Waals surface area (Å²) in [4.78, 5) is 26.6. The monoisotopic (exact) mass is 449 g/mol. The van der Waals surface area contributed by atoms with Crippen LogP contribution in [0, 0.1) is 12.8 Å². The van der Waals surface area contributed by atoms with Crippen LogP contribution in [0.25, 0.3) is 0 Å². The van der Waals surface area contributed by atoms with Crippen LogP contribution >= 0.6 is 22.7 Å². The van der Waals surface area contributed by atoms with Gasteiger partial charge >= 0.3 is 5.97 Å². The van der Waals surface area contributed by atoms with Crippen molar-refractivity contribution >= 4 is 39.7 Å². The van der Waals surface area contributed by atoms with Gasteiger partial charge in [-0.1, -0.05) is 11.3 Å². The van der Waals surface area contributed by atoms with Crippen LogP contribution < -0.4 is 10.6 Å². The number of nitrogens with one attached hydrogen (secondary N) is 2. The number of hydrogen-bond acceptors (Lipinski definition) is 8. The molecule has 2 aromatic rings. The van der Waals surface area contributed by atoms with Crippen LogP contribution in [0.5, 0.6) is 0 Å². The molecule has 4 rings (SSSR count). The Bertz CT molecular complexity index is 891. The van der Waals surface area contributed by atoms with Crippen molar-refractivity contribution in [1.29, 1.82) is 0 Å². The molecule has 0 bridgehead atoms.